The maximum absolute atomic E-state index is 12.0. The quantitative estimate of drug-likeness (QED) is 0.766. The second-order valence-electron chi connectivity index (χ2n) is 5.21. The Morgan fingerprint density at radius 2 is 2.39 bits per heavy atom. The van der Waals surface area contributed by atoms with Crippen molar-refractivity contribution < 1.29 is 14.3 Å². The molecular weight excluding hydrogens is 232 g/mol. The summed E-state index contributed by atoms with van der Waals surface area (Å²) < 4.78 is 10.8. The number of nitrogens with zero attached hydrogens (tertiary/aromatic N) is 1. The minimum Gasteiger partial charge on any atom is -0.381 e. The lowest BCUT2D eigenvalue weighted by atomic mass is 10.1. The van der Waals surface area contributed by atoms with Crippen LogP contribution in [0.5, 0.6) is 0 Å². The third-order valence-electron chi connectivity index (χ3n) is 3.79. The largest absolute Gasteiger partial charge is 0.381 e. The summed E-state index contributed by atoms with van der Waals surface area (Å²) in [4.78, 5) is 13.9. The van der Waals surface area contributed by atoms with Gasteiger partial charge in [-0.15, -0.1) is 0 Å². The fourth-order valence-electron chi connectivity index (χ4n) is 2.56. The van der Waals surface area contributed by atoms with Crippen LogP contribution in [0.25, 0.3) is 0 Å². The van der Waals surface area contributed by atoms with Crippen LogP contribution in [0.3, 0.4) is 0 Å². The number of likely N-dealkylation sites (N-methyl/N-ethyl adjacent to an activating group) is 1. The Morgan fingerprint density at radius 3 is 3.11 bits per heavy atom. The van der Waals surface area contributed by atoms with Gasteiger partial charge < -0.3 is 19.7 Å². The topological polar surface area (TPSA) is 50.8 Å². The second kappa shape index (κ2) is 7.07. The Morgan fingerprint density at radius 1 is 1.50 bits per heavy atom. The molecule has 2 unspecified atom stereocenters. The van der Waals surface area contributed by atoms with Gasteiger partial charge in [-0.1, -0.05) is 0 Å². The lowest BCUT2D eigenvalue weighted by molar-refractivity contribution is -0.137. The Kier molecular flexibility index (Phi) is 5.41. The normalized spacial score (nSPS) is 28.6. The van der Waals surface area contributed by atoms with Crippen LogP contribution in [-0.4, -0.2) is 63.4 Å². The average Bonchev–Trinajstić information content (AvgIpc) is 2.92. The molecule has 5 nitrogen and oxygen atoms in total. The number of nitrogens with one attached hydrogen (secondary N) is 1. The first-order valence-corrected chi connectivity index (χ1v) is 6.90. The summed E-state index contributed by atoms with van der Waals surface area (Å²) in [6, 6.07) is 0.436. The molecule has 1 N–H and O–H groups in total. The smallest absolute Gasteiger partial charge is 0.248 e. The molecule has 0 aromatic carbocycles. The average molecular weight is 256 g/mol. The molecule has 2 saturated heterocycles. The Labute approximate surface area is 109 Å². The van der Waals surface area contributed by atoms with E-state index in [4.69, 9.17) is 9.47 Å². The van der Waals surface area contributed by atoms with Crippen molar-refractivity contribution >= 4 is 5.91 Å². The van der Waals surface area contributed by atoms with Gasteiger partial charge in [0, 0.05) is 31.7 Å². The van der Waals surface area contributed by atoms with Crippen LogP contribution in [0.2, 0.25) is 0 Å². The molecule has 0 spiro atoms. The van der Waals surface area contributed by atoms with Crippen LogP contribution in [0.1, 0.15) is 19.3 Å². The van der Waals surface area contributed by atoms with Gasteiger partial charge in [-0.25, -0.2) is 0 Å². The zero-order valence-electron chi connectivity index (χ0n) is 11.2. The summed E-state index contributed by atoms with van der Waals surface area (Å²) in [7, 11) is 1.95. The van der Waals surface area contributed by atoms with Crippen molar-refractivity contribution in [2.75, 3.05) is 46.6 Å². The van der Waals surface area contributed by atoms with Crippen LogP contribution in [-0.2, 0) is 14.3 Å². The zero-order chi connectivity index (χ0) is 12.8. The molecule has 1 amide bonds. The molecule has 2 aliphatic heterocycles. The summed E-state index contributed by atoms with van der Waals surface area (Å²) in [6.07, 6.45) is 3.29. The summed E-state index contributed by atoms with van der Waals surface area (Å²) in [6.45, 7) is 4.15. The Bertz CT molecular complexity index is 267. The third kappa shape index (κ3) is 3.93. The van der Waals surface area contributed by atoms with Gasteiger partial charge in [0.25, 0.3) is 0 Å². The second-order valence-corrected chi connectivity index (χ2v) is 5.21. The number of carbonyl (C=O) groups excluding carboxylic acids is 1. The molecule has 2 fully saturated rings. The number of hydrogen-bond donors (Lipinski definition) is 1. The van der Waals surface area contributed by atoms with Gasteiger partial charge in [0.05, 0.1) is 13.2 Å². The molecule has 2 aliphatic rings. The van der Waals surface area contributed by atoms with Crippen molar-refractivity contribution in [3.05, 3.63) is 0 Å². The van der Waals surface area contributed by atoms with Crippen LogP contribution >= 0.6 is 0 Å². The molecule has 0 saturated carbocycles. The first-order chi connectivity index (χ1) is 8.79. The van der Waals surface area contributed by atoms with Crippen LogP contribution < -0.4 is 5.32 Å². The van der Waals surface area contributed by atoms with E-state index in [1.54, 1.807) is 0 Å². The molecule has 5 heteroatoms. The van der Waals surface area contributed by atoms with Gasteiger partial charge in [-0.3, -0.25) is 4.79 Å². The number of amides is 1. The minimum absolute atomic E-state index is 0.119. The molecule has 0 radical (unpaired) electrons. The third-order valence-corrected chi connectivity index (χ3v) is 3.79. The van der Waals surface area contributed by atoms with E-state index < -0.39 is 0 Å². The monoisotopic (exact) mass is 256 g/mol. The standard InChI is InChI=1S/C13H24N2O3/c1-14-12-3-2-5-15(7-12)13(16)10-18-9-11-4-6-17-8-11/h11-12,14H,2-10H2,1H3. The Balaban J connectivity index is 1.64. The van der Waals surface area contributed by atoms with E-state index >= 15 is 0 Å². The fourth-order valence-corrected chi connectivity index (χ4v) is 2.56. The lowest BCUT2D eigenvalue weighted by Crippen LogP contribution is -2.48. The minimum atomic E-state index is 0.119. The van der Waals surface area contributed by atoms with Gasteiger partial charge in [-0.2, -0.15) is 0 Å². The van der Waals surface area contributed by atoms with Crippen molar-refractivity contribution in [2.24, 2.45) is 5.92 Å². The molecule has 2 rings (SSSR count). The highest BCUT2D eigenvalue weighted by Gasteiger charge is 2.23. The van der Waals surface area contributed by atoms with Crippen LogP contribution in [0.4, 0.5) is 0 Å². The summed E-state index contributed by atoms with van der Waals surface area (Å²) in [5, 5.41) is 3.24. The highest BCUT2D eigenvalue weighted by atomic mass is 16.5. The maximum Gasteiger partial charge on any atom is 0.248 e. The summed E-state index contributed by atoms with van der Waals surface area (Å²) in [5.41, 5.74) is 0. The van der Waals surface area contributed by atoms with Gasteiger partial charge >= 0.3 is 0 Å². The molecular formula is C13H24N2O3. The van der Waals surface area contributed by atoms with Crippen LogP contribution in [0, 0.1) is 5.92 Å². The SMILES string of the molecule is CNC1CCCN(C(=O)COCC2CCOC2)C1. The highest BCUT2D eigenvalue weighted by molar-refractivity contribution is 5.77. The van der Waals surface area contributed by atoms with Gasteiger partial charge in [0.2, 0.25) is 5.91 Å². The number of carbonyl (C=O) groups is 1. The molecule has 0 bridgehead atoms. The highest BCUT2D eigenvalue weighted by Crippen LogP contribution is 2.13. The number of piperidine rings is 1. The van der Waals surface area contributed by atoms with E-state index in [1.807, 2.05) is 11.9 Å². The molecule has 0 aromatic rings. The number of rotatable bonds is 5. The predicted octanol–water partition coefficient (Wildman–Crippen LogP) is 0.250. The van der Waals surface area contributed by atoms with E-state index in [-0.39, 0.29) is 12.5 Å². The summed E-state index contributed by atoms with van der Waals surface area (Å²) >= 11 is 0. The molecule has 2 heterocycles. The number of likely N-dealkylation sites (tertiary alicyclic amines) is 1. The van der Waals surface area contributed by atoms with E-state index in [0.29, 0.717) is 18.6 Å². The molecule has 0 aromatic heterocycles. The van der Waals surface area contributed by atoms with Crippen LogP contribution in [0.15, 0.2) is 0 Å². The fraction of sp³-hybridized carbons (Fsp3) is 0.923. The van der Waals surface area contributed by atoms with Crippen molar-refractivity contribution in [3.63, 3.8) is 0 Å². The molecule has 2 atom stereocenters. The van der Waals surface area contributed by atoms with Crippen molar-refractivity contribution in [1.82, 2.24) is 10.2 Å². The maximum atomic E-state index is 12.0. The van der Waals surface area contributed by atoms with E-state index in [9.17, 15) is 4.79 Å². The first-order valence-electron chi connectivity index (χ1n) is 6.90. The molecule has 104 valence electrons. The van der Waals surface area contributed by atoms with Gasteiger partial charge in [0.15, 0.2) is 0 Å². The van der Waals surface area contributed by atoms with Crippen molar-refractivity contribution in [3.8, 4) is 0 Å². The number of ether oxygens (including phenoxy) is 2. The van der Waals surface area contributed by atoms with Gasteiger partial charge in [-0.05, 0) is 26.3 Å². The van der Waals surface area contributed by atoms with Crippen molar-refractivity contribution in [1.29, 1.82) is 0 Å². The lowest BCUT2D eigenvalue weighted by Gasteiger charge is -2.32. The molecule has 18 heavy (non-hydrogen) atoms. The molecule has 0 aliphatic carbocycles. The number of hydrogen-bond acceptors (Lipinski definition) is 4. The zero-order valence-corrected chi connectivity index (χ0v) is 11.2. The van der Waals surface area contributed by atoms with E-state index in [0.717, 1.165) is 45.6 Å². The summed E-state index contributed by atoms with van der Waals surface area (Å²) in [5.74, 6) is 0.595. The van der Waals surface area contributed by atoms with Gasteiger partial charge in [0.1, 0.15) is 6.61 Å². The Hall–Kier alpha value is -0.650. The van der Waals surface area contributed by atoms with E-state index in [1.165, 1.54) is 0 Å². The van der Waals surface area contributed by atoms with E-state index in [2.05, 4.69) is 5.32 Å². The van der Waals surface area contributed by atoms with Crippen molar-refractivity contribution in [2.45, 2.75) is 25.3 Å². The first kappa shape index (κ1) is 13.8. The predicted molar refractivity (Wildman–Crippen MR) is 68.4 cm³/mol.